The van der Waals surface area contributed by atoms with Crippen molar-refractivity contribution in [2.45, 2.75) is 4.90 Å². The summed E-state index contributed by atoms with van der Waals surface area (Å²) in [5.74, 6) is 0.155. The zero-order valence-corrected chi connectivity index (χ0v) is 24.8. The smallest absolute Gasteiger partial charge is 0.341 e. The number of aliphatic carboxylic acids is 1. The van der Waals surface area contributed by atoms with Crippen LogP contribution in [0.4, 0.5) is 0 Å². The molecule has 0 saturated heterocycles. The second kappa shape index (κ2) is 12.9. The summed E-state index contributed by atoms with van der Waals surface area (Å²) in [5, 5.41) is 8.79. The van der Waals surface area contributed by atoms with Crippen molar-refractivity contribution >= 4 is 66.1 Å². The molecule has 0 aliphatic carbocycles. The summed E-state index contributed by atoms with van der Waals surface area (Å²) in [6.45, 7) is -0.432. The van der Waals surface area contributed by atoms with Gasteiger partial charge in [-0.1, -0.05) is 30.3 Å². The van der Waals surface area contributed by atoms with Crippen molar-refractivity contribution in [3.63, 3.8) is 0 Å². The molecule has 202 valence electrons. The second-order valence-electron chi connectivity index (χ2n) is 7.83. The number of ether oxygens (including phenoxy) is 1. The molecule has 0 fully saturated rings. The molecule has 0 spiro atoms. The van der Waals surface area contributed by atoms with Gasteiger partial charge in [0.25, 0.3) is 0 Å². The van der Waals surface area contributed by atoms with E-state index < -0.39 is 32.8 Å². The maximum atomic E-state index is 11.6. The molecular formula is C25H23IO9S3. The normalized spacial score (nSPS) is 11.4. The molecule has 13 heteroatoms. The van der Waals surface area contributed by atoms with Gasteiger partial charge in [0.2, 0.25) is 0 Å². The lowest BCUT2D eigenvalue weighted by molar-refractivity contribution is -0.139. The summed E-state index contributed by atoms with van der Waals surface area (Å²) in [6, 6.07) is 18.4. The molecule has 3 aromatic carbocycles. The lowest BCUT2D eigenvalue weighted by atomic mass is 9.97. The van der Waals surface area contributed by atoms with E-state index in [-0.39, 0.29) is 11.5 Å². The Morgan fingerprint density at radius 1 is 0.868 bits per heavy atom. The highest BCUT2D eigenvalue weighted by Gasteiger charge is 2.12. The SMILES string of the molecule is CS(=O)(=O)Oc1cccc(C(=CCSc2ccc(OCC(=O)O)cc2I)c2cccc(OS(C)(=O)=O)c2)c1. The van der Waals surface area contributed by atoms with E-state index in [0.29, 0.717) is 28.2 Å². The van der Waals surface area contributed by atoms with Gasteiger partial charge in [0.1, 0.15) is 17.2 Å². The molecule has 0 heterocycles. The molecule has 3 rings (SSSR count). The van der Waals surface area contributed by atoms with Gasteiger partial charge >= 0.3 is 26.2 Å². The first-order valence-corrected chi connectivity index (χ1v) is 16.5. The highest BCUT2D eigenvalue weighted by atomic mass is 127. The minimum absolute atomic E-state index is 0.138. The van der Waals surface area contributed by atoms with E-state index in [4.69, 9.17) is 18.2 Å². The summed E-state index contributed by atoms with van der Waals surface area (Å²) in [5.41, 5.74) is 2.00. The maximum Gasteiger partial charge on any atom is 0.341 e. The van der Waals surface area contributed by atoms with Gasteiger partial charge < -0.3 is 18.2 Å². The molecule has 0 bridgehead atoms. The van der Waals surface area contributed by atoms with Gasteiger partial charge in [0.05, 0.1) is 12.5 Å². The van der Waals surface area contributed by atoms with Crippen LogP contribution in [0.25, 0.3) is 5.57 Å². The number of benzene rings is 3. The molecule has 0 aliphatic rings. The zero-order chi connectivity index (χ0) is 27.9. The summed E-state index contributed by atoms with van der Waals surface area (Å²) in [4.78, 5) is 11.7. The van der Waals surface area contributed by atoms with Crippen LogP contribution in [-0.4, -0.2) is 52.8 Å². The molecule has 0 aromatic heterocycles. The highest BCUT2D eigenvalue weighted by Crippen LogP contribution is 2.32. The Morgan fingerprint density at radius 2 is 1.42 bits per heavy atom. The number of carboxylic acids is 1. The molecule has 0 amide bonds. The second-order valence-corrected chi connectivity index (χ2v) is 13.2. The van der Waals surface area contributed by atoms with Crippen LogP contribution in [0.15, 0.2) is 77.7 Å². The number of halogens is 1. The summed E-state index contributed by atoms with van der Waals surface area (Å²) in [7, 11) is -7.47. The van der Waals surface area contributed by atoms with Crippen LogP contribution in [0.2, 0.25) is 0 Å². The first-order valence-electron chi connectivity index (χ1n) is 10.8. The lowest BCUT2D eigenvalue weighted by Crippen LogP contribution is -2.09. The number of carboxylic acid groups (broad SMARTS) is 1. The zero-order valence-electron chi connectivity index (χ0n) is 20.2. The number of hydrogen-bond acceptors (Lipinski definition) is 9. The Morgan fingerprint density at radius 3 is 1.89 bits per heavy atom. The number of carbonyl (C=O) groups is 1. The van der Waals surface area contributed by atoms with Gasteiger partial charge in [-0.3, -0.25) is 0 Å². The van der Waals surface area contributed by atoms with E-state index in [9.17, 15) is 21.6 Å². The van der Waals surface area contributed by atoms with E-state index in [1.807, 2.05) is 12.1 Å². The third kappa shape index (κ3) is 9.85. The van der Waals surface area contributed by atoms with E-state index >= 15 is 0 Å². The van der Waals surface area contributed by atoms with Crippen molar-refractivity contribution in [3.05, 3.63) is 87.5 Å². The van der Waals surface area contributed by atoms with E-state index in [1.54, 1.807) is 48.5 Å². The van der Waals surface area contributed by atoms with Gasteiger partial charge in [-0.05, 0) is 81.8 Å². The molecule has 9 nitrogen and oxygen atoms in total. The third-order valence-corrected chi connectivity index (χ3v) is 7.83. The van der Waals surface area contributed by atoms with Crippen molar-refractivity contribution < 1.29 is 39.8 Å². The van der Waals surface area contributed by atoms with Gasteiger partial charge in [-0.15, -0.1) is 11.8 Å². The monoisotopic (exact) mass is 690 g/mol. The Kier molecular flexibility index (Phi) is 10.1. The summed E-state index contributed by atoms with van der Waals surface area (Å²) >= 11 is 3.66. The largest absolute Gasteiger partial charge is 0.482 e. The number of hydrogen-bond donors (Lipinski definition) is 1. The van der Waals surface area contributed by atoms with Gasteiger partial charge in [0.15, 0.2) is 6.61 Å². The van der Waals surface area contributed by atoms with Crippen LogP contribution < -0.4 is 13.1 Å². The fraction of sp³-hybridized carbons (Fsp3) is 0.160. The predicted octanol–water partition coefficient (Wildman–Crippen LogP) is 4.66. The first kappa shape index (κ1) is 29.8. The van der Waals surface area contributed by atoms with Crippen molar-refractivity contribution in [3.8, 4) is 17.2 Å². The topological polar surface area (TPSA) is 133 Å². The average Bonchev–Trinajstić information content (AvgIpc) is 2.79. The van der Waals surface area contributed by atoms with Crippen molar-refractivity contribution in [1.82, 2.24) is 0 Å². The lowest BCUT2D eigenvalue weighted by Gasteiger charge is -2.13. The van der Waals surface area contributed by atoms with Gasteiger partial charge in [0, 0.05) is 14.2 Å². The summed E-state index contributed by atoms with van der Waals surface area (Å²) in [6.07, 6.45) is 3.84. The Balaban J connectivity index is 1.93. The van der Waals surface area contributed by atoms with Crippen LogP contribution >= 0.6 is 34.4 Å². The van der Waals surface area contributed by atoms with E-state index in [2.05, 4.69) is 22.6 Å². The number of rotatable bonds is 12. The minimum atomic E-state index is -3.74. The van der Waals surface area contributed by atoms with E-state index in [1.165, 1.54) is 23.9 Å². The molecule has 0 aliphatic heterocycles. The van der Waals surface area contributed by atoms with Crippen molar-refractivity contribution in [1.29, 1.82) is 0 Å². The van der Waals surface area contributed by atoms with Crippen LogP contribution in [0.3, 0.4) is 0 Å². The van der Waals surface area contributed by atoms with Crippen molar-refractivity contribution in [2.24, 2.45) is 0 Å². The molecule has 3 aromatic rings. The minimum Gasteiger partial charge on any atom is -0.482 e. The maximum absolute atomic E-state index is 11.6. The summed E-state index contributed by atoms with van der Waals surface area (Å²) < 4.78 is 62.7. The van der Waals surface area contributed by atoms with E-state index in [0.717, 1.165) is 21.0 Å². The molecule has 0 atom stereocenters. The fourth-order valence-corrected chi connectivity index (χ4v) is 5.88. The molecule has 0 saturated carbocycles. The third-order valence-electron chi connectivity index (χ3n) is 4.58. The van der Waals surface area contributed by atoms with Crippen molar-refractivity contribution in [2.75, 3.05) is 24.9 Å². The standard InChI is InChI=1S/C25H23IO9S3/c1-37(29,30)34-20-7-3-5-17(13-20)22(18-6-4-8-21(14-18)35-38(2,31)32)11-12-36-24-10-9-19(15-23(24)26)33-16-25(27)28/h3-11,13-15H,12,16H2,1-2H3,(H,27,28). The van der Waals surface area contributed by atoms with Crippen LogP contribution in [0, 0.1) is 3.57 Å². The average molecular weight is 691 g/mol. The molecule has 0 radical (unpaired) electrons. The van der Waals surface area contributed by atoms with Crippen LogP contribution in [0.1, 0.15) is 11.1 Å². The molecule has 1 N–H and O–H groups in total. The first-order chi connectivity index (χ1) is 17.8. The Labute approximate surface area is 239 Å². The Hall–Kier alpha value is -2.75. The molecular weight excluding hydrogens is 667 g/mol. The predicted molar refractivity (Wildman–Crippen MR) is 154 cm³/mol. The molecule has 0 unspecified atom stereocenters. The quantitative estimate of drug-likeness (QED) is 0.163. The van der Waals surface area contributed by atoms with Crippen LogP contribution in [-0.2, 0) is 25.0 Å². The highest BCUT2D eigenvalue weighted by molar-refractivity contribution is 14.1. The number of thioether (sulfide) groups is 1. The van der Waals surface area contributed by atoms with Gasteiger partial charge in [-0.25, -0.2) is 4.79 Å². The Bertz CT molecular complexity index is 1490. The van der Waals surface area contributed by atoms with Gasteiger partial charge in [-0.2, -0.15) is 16.8 Å². The van der Waals surface area contributed by atoms with Crippen LogP contribution in [0.5, 0.6) is 17.2 Å². The fourth-order valence-electron chi connectivity index (χ4n) is 3.23. The molecule has 38 heavy (non-hydrogen) atoms.